The van der Waals surface area contributed by atoms with E-state index in [0.29, 0.717) is 12.0 Å². The van der Waals surface area contributed by atoms with Gasteiger partial charge in [0.15, 0.2) is 0 Å². The lowest BCUT2D eigenvalue weighted by molar-refractivity contribution is -0.274. The van der Waals surface area contributed by atoms with Crippen LogP contribution in [0.25, 0.3) is 0 Å². The van der Waals surface area contributed by atoms with Crippen molar-refractivity contribution in [1.82, 2.24) is 0 Å². The Kier molecular flexibility index (Phi) is 6.88. The lowest BCUT2D eigenvalue weighted by Gasteiger charge is -2.17. The molecule has 3 nitrogen and oxygen atoms in total. The van der Waals surface area contributed by atoms with Crippen LogP contribution in [0.4, 0.5) is 13.2 Å². The Bertz CT molecular complexity index is 463. The number of nitrogens with two attached hydrogens (primary N) is 1. The summed E-state index contributed by atoms with van der Waals surface area (Å²) in [5.41, 5.74) is 7.44. The van der Waals surface area contributed by atoms with Gasteiger partial charge in [-0.2, -0.15) is 0 Å². The summed E-state index contributed by atoms with van der Waals surface area (Å²) in [6.07, 6.45) is -4.21. The monoisotopic (exact) mass is 311 g/mol. The van der Waals surface area contributed by atoms with E-state index in [0.717, 1.165) is 5.57 Å². The Balaban J connectivity index is 0.00000361. The Morgan fingerprint density at radius 1 is 1.40 bits per heavy atom. The van der Waals surface area contributed by atoms with E-state index in [2.05, 4.69) is 11.3 Å². The minimum Gasteiger partial charge on any atom is -0.496 e. The molecular formula is C13H17ClF3NO2. The van der Waals surface area contributed by atoms with Crippen LogP contribution in [0.1, 0.15) is 24.9 Å². The molecule has 0 heterocycles. The van der Waals surface area contributed by atoms with Crippen LogP contribution in [0.2, 0.25) is 0 Å². The SMILES string of the molecule is C=C(C)C[C@@H](N)c1ccc(OC(F)(F)F)cc1OC.Cl. The van der Waals surface area contributed by atoms with Gasteiger partial charge in [0.1, 0.15) is 11.5 Å². The molecule has 20 heavy (non-hydrogen) atoms. The maximum atomic E-state index is 12.1. The van der Waals surface area contributed by atoms with Crippen LogP contribution < -0.4 is 15.2 Å². The Hall–Kier alpha value is -1.40. The number of ether oxygens (including phenoxy) is 2. The Morgan fingerprint density at radius 3 is 2.45 bits per heavy atom. The fourth-order valence-electron chi connectivity index (χ4n) is 1.68. The minimum absolute atomic E-state index is 0. The van der Waals surface area contributed by atoms with Crippen LogP contribution in [0.3, 0.4) is 0 Å². The fraction of sp³-hybridized carbons (Fsp3) is 0.385. The number of hydrogen-bond acceptors (Lipinski definition) is 3. The lowest BCUT2D eigenvalue weighted by Crippen LogP contribution is -2.17. The average Bonchev–Trinajstić information content (AvgIpc) is 2.25. The van der Waals surface area contributed by atoms with E-state index in [-0.39, 0.29) is 29.9 Å². The summed E-state index contributed by atoms with van der Waals surface area (Å²) in [5, 5.41) is 0. The van der Waals surface area contributed by atoms with Crippen molar-refractivity contribution in [3.8, 4) is 11.5 Å². The Labute approximate surface area is 122 Å². The van der Waals surface area contributed by atoms with Crippen molar-refractivity contribution in [3.63, 3.8) is 0 Å². The molecule has 0 spiro atoms. The van der Waals surface area contributed by atoms with E-state index in [4.69, 9.17) is 10.5 Å². The van der Waals surface area contributed by atoms with Gasteiger partial charge in [0.2, 0.25) is 0 Å². The van der Waals surface area contributed by atoms with Gasteiger partial charge in [-0.25, -0.2) is 0 Å². The first-order chi connectivity index (χ1) is 8.73. The van der Waals surface area contributed by atoms with Gasteiger partial charge >= 0.3 is 6.36 Å². The van der Waals surface area contributed by atoms with E-state index in [1.54, 1.807) is 0 Å². The maximum Gasteiger partial charge on any atom is 0.573 e. The second-order valence-electron chi connectivity index (χ2n) is 4.22. The standard InChI is InChI=1S/C13H16F3NO2.ClH/c1-8(2)6-11(17)10-5-4-9(7-12(10)18-3)19-13(14,15)16;/h4-5,7,11H,1,6,17H2,2-3H3;1H/t11-;/m1./s1. The first-order valence-corrected chi connectivity index (χ1v) is 5.56. The van der Waals surface area contributed by atoms with E-state index in [1.807, 2.05) is 6.92 Å². The molecule has 1 aromatic rings. The highest BCUT2D eigenvalue weighted by atomic mass is 35.5. The second-order valence-corrected chi connectivity index (χ2v) is 4.22. The van der Waals surface area contributed by atoms with Crippen molar-refractivity contribution >= 4 is 12.4 Å². The van der Waals surface area contributed by atoms with Crippen LogP contribution in [0, 0.1) is 0 Å². The summed E-state index contributed by atoms with van der Waals surface area (Å²) < 4.78 is 45.2. The molecular weight excluding hydrogens is 295 g/mol. The Morgan fingerprint density at radius 2 is 2.00 bits per heavy atom. The molecule has 0 aliphatic rings. The average molecular weight is 312 g/mol. The molecule has 1 atom stereocenters. The van der Waals surface area contributed by atoms with Crippen LogP contribution in [-0.4, -0.2) is 13.5 Å². The van der Waals surface area contributed by atoms with E-state index in [1.165, 1.54) is 25.3 Å². The zero-order valence-corrected chi connectivity index (χ0v) is 12.0. The maximum absolute atomic E-state index is 12.1. The third kappa shape index (κ3) is 5.71. The number of halogens is 4. The largest absolute Gasteiger partial charge is 0.573 e. The summed E-state index contributed by atoms with van der Waals surface area (Å²) >= 11 is 0. The van der Waals surface area contributed by atoms with Crippen LogP contribution in [0.5, 0.6) is 11.5 Å². The number of rotatable bonds is 5. The second kappa shape index (κ2) is 7.40. The molecule has 0 radical (unpaired) electrons. The van der Waals surface area contributed by atoms with Crippen molar-refractivity contribution in [2.75, 3.05) is 7.11 Å². The first kappa shape index (κ1) is 18.6. The topological polar surface area (TPSA) is 44.5 Å². The third-order valence-corrected chi connectivity index (χ3v) is 2.41. The summed E-state index contributed by atoms with van der Waals surface area (Å²) in [5.74, 6) is -0.0777. The first-order valence-electron chi connectivity index (χ1n) is 5.56. The molecule has 0 aromatic heterocycles. The minimum atomic E-state index is -4.73. The number of methoxy groups -OCH3 is 1. The van der Waals surface area contributed by atoms with Gasteiger partial charge in [-0.1, -0.05) is 11.6 Å². The predicted molar refractivity (Wildman–Crippen MR) is 73.3 cm³/mol. The van der Waals surface area contributed by atoms with Gasteiger partial charge in [-0.05, 0) is 19.4 Å². The summed E-state index contributed by atoms with van der Waals surface area (Å²) in [6.45, 7) is 5.57. The predicted octanol–water partition coefficient (Wildman–Crippen LogP) is 3.98. The van der Waals surface area contributed by atoms with Gasteiger partial charge < -0.3 is 15.2 Å². The van der Waals surface area contributed by atoms with Gasteiger partial charge in [0.05, 0.1) is 7.11 Å². The zero-order valence-electron chi connectivity index (χ0n) is 11.2. The molecule has 0 saturated heterocycles. The van der Waals surface area contributed by atoms with Crippen molar-refractivity contribution in [3.05, 3.63) is 35.9 Å². The van der Waals surface area contributed by atoms with Crippen LogP contribution in [-0.2, 0) is 0 Å². The molecule has 114 valence electrons. The van der Waals surface area contributed by atoms with Crippen molar-refractivity contribution < 1.29 is 22.6 Å². The lowest BCUT2D eigenvalue weighted by atomic mass is 10.00. The highest BCUT2D eigenvalue weighted by Crippen LogP contribution is 2.33. The molecule has 0 fully saturated rings. The van der Waals surface area contributed by atoms with Crippen molar-refractivity contribution in [1.29, 1.82) is 0 Å². The van der Waals surface area contributed by atoms with Gasteiger partial charge in [-0.3, -0.25) is 0 Å². The van der Waals surface area contributed by atoms with Gasteiger partial charge in [-0.15, -0.1) is 32.2 Å². The van der Waals surface area contributed by atoms with Crippen molar-refractivity contribution in [2.24, 2.45) is 5.73 Å². The molecule has 0 bridgehead atoms. The molecule has 0 aliphatic heterocycles. The van der Waals surface area contributed by atoms with Crippen molar-refractivity contribution in [2.45, 2.75) is 25.7 Å². The molecule has 0 aliphatic carbocycles. The van der Waals surface area contributed by atoms with E-state index < -0.39 is 6.36 Å². The molecule has 2 N–H and O–H groups in total. The molecule has 0 saturated carbocycles. The van der Waals surface area contributed by atoms with Crippen LogP contribution in [0.15, 0.2) is 30.4 Å². The van der Waals surface area contributed by atoms with Crippen LogP contribution >= 0.6 is 12.4 Å². The number of benzene rings is 1. The number of alkyl halides is 3. The third-order valence-electron chi connectivity index (χ3n) is 2.41. The zero-order chi connectivity index (χ0) is 14.6. The summed E-state index contributed by atoms with van der Waals surface area (Å²) in [4.78, 5) is 0. The van der Waals surface area contributed by atoms with E-state index in [9.17, 15) is 13.2 Å². The quantitative estimate of drug-likeness (QED) is 0.836. The van der Waals surface area contributed by atoms with Gasteiger partial charge in [0.25, 0.3) is 0 Å². The summed E-state index contributed by atoms with van der Waals surface area (Å²) in [7, 11) is 1.36. The normalized spacial score (nSPS) is 12.3. The molecule has 7 heteroatoms. The summed E-state index contributed by atoms with van der Waals surface area (Å²) in [6, 6.07) is 3.46. The van der Waals surface area contributed by atoms with E-state index >= 15 is 0 Å². The highest BCUT2D eigenvalue weighted by molar-refractivity contribution is 5.85. The molecule has 1 rings (SSSR count). The number of hydrogen-bond donors (Lipinski definition) is 1. The fourth-order valence-corrected chi connectivity index (χ4v) is 1.68. The smallest absolute Gasteiger partial charge is 0.496 e. The van der Waals surface area contributed by atoms with Gasteiger partial charge in [0, 0.05) is 17.7 Å². The molecule has 0 amide bonds. The highest BCUT2D eigenvalue weighted by Gasteiger charge is 2.31. The molecule has 1 aromatic carbocycles. The molecule has 0 unspecified atom stereocenters.